The van der Waals surface area contributed by atoms with Gasteiger partial charge in [0.2, 0.25) is 10.0 Å². The molecule has 0 aliphatic heterocycles. The van der Waals surface area contributed by atoms with Gasteiger partial charge in [0.05, 0.1) is 11.5 Å². The molecule has 0 aliphatic rings. The highest BCUT2D eigenvalue weighted by Crippen LogP contribution is 2.25. The van der Waals surface area contributed by atoms with Crippen LogP contribution < -0.4 is 0 Å². The van der Waals surface area contributed by atoms with Gasteiger partial charge >= 0.3 is 0 Å². The maximum Gasteiger partial charge on any atom is 0.244 e. The molecule has 4 nitrogen and oxygen atoms in total. The van der Waals surface area contributed by atoms with Crippen LogP contribution in [0.3, 0.4) is 0 Å². The van der Waals surface area contributed by atoms with Crippen LogP contribution in [0.1, 0.15) is 25.1 Å². The molecule has 0 spiro atoms. The second kappa shape index (κ2) is 5.95. The second-order valence-electron chi connectivity index (χ2n) is 4.17. The predicted octanol–water partition coefficient (Wildman–Crippen LogP) is 1.91. The first-order chi connectivity index (χ1) is 7.93. The molecule has 1 rings (SSSR count). The molecule has 0 amide bonds. The minimum absolute atomic E-state index is 0.232. The average Bonchev–Trinajstić information content (AvgIpc) is 2.77. The summed E-state index contributed by atoms with van der Waals surface area (Å²) in [6.07, 6.45) is 0.941. The zero-order valence-electron chi connectivity index (χ0n) is 10.4. The van der Waals surface area contributed by atoms with Gasteiger partial charge in [-0.1, -0.05) is 20.3 Å². The standard InChI is InChI=1S/C11H19NO3S2/c1-4-9(2)7-12(3)17(14,15)11-5-6-16-10(11)8-13/h5-6,9,13H,4,7-8H2,1-3H3. The van der Waals surface area contributed by atoms with Gasteiger partial charge in [0.25, 0.3) is 0 Å². The molecule has 1 N–H and O–H groups in total. The molecule has 0 aliphatic carbocycles. The lowest BCUT2D eigenvalue weighted by atomic mass is 10.1. The van der Waals surface area contributed by atoms with Gasteiger partial charge in [0.1, 0.15) is 0 Å². The van der Waals surface area contributed by atoms with Gasteiger partial charge in [0.15, 0.2) is 0 Å². The zero-order valence-corrected chi connectivity index (χ0v) is 12.0. The lowest BCUT2D eigenvalue weighted by Gasteiger charge is -2.20. The lowest BCUT2D eigenvalue weighted by molar-refractivity contribution is 0.282. The molecule has 1 atom stereocenters. The van der Waals surface area contributed by atoms with Crippen LogP contribution in [0.15, 0.2) is 16.3 Å². The molecule has 98 valence electrons. The van der Waals surface area contributed by atoms with E-state index in [-0.39, 0.29) is 11.5 Å². The summed E-state index contributed by atoms with van der Waals surface area (Å²) in [4.78, 5) is 0.733. The maximum atomic E-state index is 12.2. The van der Waals surface area contributed by atoms with E-state index in [9.17, 15) is 8.42 Å². The molecule has 0 aromatic carbocycles. The summed E-state index contributed by atoms with van der Waals surface area (Å²) in [7, 11) is -1.88. The highest BCUT2D eigenvalue weighted by Gasteiger charge is 2.25. The Morgan fingerprint density at radius 2 is 2.18 bits per heavy atom. The zero-order chi connectivity index (χ0) is 13.1. The number of hydrogen-bond donors (Lipinski definition) is 1. The quantitative estimate of drug-likeness (QED) is 0.864. The van der Waals surface area contributed by atoms with Gasteiger partial charge in [-0.05, 0) is 17.4 Å². The van der Waals surface area contributed by atoms with Crippen molar-refractivity contribution in [1.29, 1.82) is 0 Å². The van der Waals surface area contributed by atoms with Crippen LogP contribution in [0, 0.1) is 5.92 Å². The third-order valence-electron chi connectivity index (χ3n) is 2.80. The minimum atomic E-state index is -3.46. The molecule has 0 bridgehead atoms. The van der Waals surface area contributed by atoms with Gasteiger partial charge < -0.3 is 5.11 Å². The fourth-order valence-corrected chi connectivity index (χ4v) is 4.06. The summed E-state index contributed by atoms with van der Waals surface area (Å²) < 4.78 is 25.9. The fourth-order valence-electron chi connectivity index (χ4n) is 1.51. The van der Waals surface area contributed by atoms with Crippen LogP contribution in [0.25, 0.3) is 0 Å². The van der Waals surface area contributed by atoms with Crippen molar-refractivity contribution in [2.75, 3.05) is 13.6 Å². The number of rotatable bonds is 6. The van der Waals surface area contributed by atoms with Crippen molar-refractivity contribution in [3.05, 3.63) is 16.3 Å². The number of thiophene rings is 1. The van der Waals surface area contributed by atoms with E-state index in [2.05, 4.69) is 0 Å². The van der Waals surface area contributed by atoms with E-state index in [1.54, 1.807) is 18.5 Å². The molecule has 1 aromatic heterocycles. The van der Waals surface area contributed by atoms with Crippen LogP contribution in [-0.4, -0.2) is 31.4 Å². The first kappa shape index (κ1) is 14.6. The van der Waals surface area contributed by atoms with E-state index < -0.39 is 10.0 Å². The number of aliphatic hydroxyl groups excluding tert-OH is 1. The Hall–Kier alpha value is -0.430. The third kappa shape index (κ3) is 3.28. The van der Waals surface area contributed by atoms with Crippen molar-refractivity contribution >= 4 is 21.4 Å². The van der Waals surface area contributed by atoms with E-state index in [0.717, 1.165) is 6.42 Å². The van der Waals surface area contributed by atoms with Gasteiger partial charge in [-0.2, -0.15) is 0 Å². The topological polar surface area (TPSA) is 57.6 Å². The summed E-state index contributed by atoms with van der Waals surface area (Å²) in [5, 5.41) is 10.8. The number of hydrogen-bond acceptors (Lipinski definition) is 4. The molecule has 1 unspecified atom stereocenters. The van der Waals surface area contributed by atoms with Gasteiger partial charge in [-0.25, -0.2) is 12.7 Å². The highest BCUT2D eigenvalue weighted by molar-refractivity contribution is 7.89. The van der Waals surface area contributed by atoms with Crippen molar-refractivity contribution in [3.63, 3.8) is 0 Å². The van der Waals surface area contributed by atoms with Crippen LogP contribution in [0.5, 0.6) is 0 Å². The first-order valence-electron chi connectivity index (χ1n) is 5.57. The van der Waals surface area contributed by atoms with Crippen LogP contribution in [0.4, 0.5) is 0 Å². The molecule has 0 saturated carbocycles. The molecule has 17 heavy (non-hydrogen) atoms. The Morgan fingerprint density at radius 1 is 1.53 bits per heavy atom. The van der Waals surface area contributed by atoms with E-state index >= 15 is 0 Å². The van der Waals surface area contributed by atoms with E-state index in [1.807, 2.05) is 13.8 Å². The van der Waals surface area contributed by atoms with E-state index in [0.29, 0.717) is 17.3 Å². The Labute approximate surface area is 107 Å². The normalized spacial score (nSPS) is 14.2. The van der Waals surface area contributed by atoms with Crippen molar-refractivity contribution < 1.29 is 13.5 Å². The maximum absolute atomic E-state index is 12.2. The predicted molar refractivity (Wildman–Crippen MR) is 69.5 cm³/mol. The Morgan fingerprint density at radius 3 is 2.71 bits per heavy atom. The van der Waals surface area contributed by atoms with Gasteiger partial charge in [-0.15, -0.1) is 11.3 Å². The Balaban J connectivity index is 2.95. The minimum Gasteiger partial charge on any atom is -0.391 e. The summed E-state index contributed by atoms with van der Waals surface area (Å²) in [5.41, 5.74) is 0. The van der Waals surface area contributed by atoms with Crippen LogP contribution >= 0.6 is 11.3 Å². The molecule has 1 heterocycles. The van der Waals surface area contributed by atoms with Crippen molar-refractivity contribution in [3.8, 4) is 0 Å². The third-order valence-corrected chi connectivity index (χ3v) is 5.74. The van der Waals surface area contributed by atoms with Crippen LogP contribution in [-0.2, 0) is 16.6 Å². The average molecular weight is 277 g/mol. The van der Waals surface area contributed by atoms with E-state index in [1.165, 1.54) is 15.6 Å². The Bertz CT molecular complexity index is 453. The number of aliphatic hydroxyl groups is 1. The number of sulfonamides is 1. The monoisotopic (exact) mass is 277 g/mol. The lowest BCUT2D eigenvalue weighted by Crippen LogP contribution is -2.31. The molecule has 0 radical (unpaired) electrons. The summed E-state index contributed by atoms with van der Waals surface area (Å²) in [6, 6.07) is 1.55. The first-order valence-corrected chi connectivity index (χ1v) is 7.89. The SMILES string of the molecule is CCC(C)CN(C)S(=O)(=O)c1ccsc1CO. The largest absolute Gasteiger partial charge is 0.391 e. The molecule has 6 heteroatoms. The van der Waals surface area contributed by atoms with Crippen molar-refractivity contribution in [2.45, 2.75) is 31.8 Å². The summed E-state index contributed by atoms with van der Waals surface area (Å²) in [6.45, 7) is 4.32. The molecule has 0 fully saturated rings. The van der Waals surface area contributed by atoms with Crippen LogP contribution in [0.2, 0.25) is 0 Å². The smallest absolute Gasteiger partial charge is 0.244 e. The van der Waals surface area contributed by atoms with Crippen molar-refractivity contribution in [1.82, 2.24) is 4.31 Å². The van der Waals surface area contributed by atoms with E-state index in [4.69, 9.17) is 5.11 Å². The van der Waals surface area contributed by atoms with Gasteiger partial charge in [-0.3, -0.25) is 0 Å². The number of nitrogens with zero attached hydrogens (tertiary/aromatic N) is 1. The molecular weight excluding hydrogens is 258 g/mol. The highest BCUT2D eigenvalue weighted by atomic mass is 32.2. The van der Waals surface area contributed by atoms with Gasteiger partial charge in [0, 0.05) is 18.5 Å². The fraction of sp³-hybridized carbons (Fsp3) is 0.636. The Kier molecular flexibility index (Phi) is 5.12. The van der Waals surface area contributed by atoms with Crippen molar-refractivity contribution in [2.24, 2.45) is 5.92 Å². The molecule has 1 aromatic rings. The summed E-state index contributed by atoms with van der Waals surface area (Å²) >= 11 is 1.26. The second-order valence-corrected chi connectivity index (χ2v) is 7.18. The molecular formula is C11H19NO3S2. The molecule has 0 saturated heterocycles. The summed E-state index contributed by atoms with van der Waals surface area (Å²) in [5.74, 6) is 0.325.